The summed E-state index contributed by atoms with van der Waals surface area (Å²) in [6.07, 6.45) is 11.2. The summed E-state index contributed by atoms with van der Waals surface area (Å²) in [6.45, 7) is 8.48. The van der Waals surface area contributed by atoms with Gasteiger partial charge < -0.3 is 11.5 Å². The minimum absolute atomic E-state index is 0.428. The van der Waals surface area contributed by atoms with Gasteiger partial charge in [0.05, 0.1) is 5.66 Å². The molecule has 0 aromatic heterocycles. The SMILES string of the molecule is CC.CC1CC(CC2CCCCC2)CC(C)C1(N)N. The summed E-state index contributed by atoms with van der Waals surface area (Å²) < 4.78 is 0. The van der Waals surface area contributed by atoms with E-state index in [2.05, 4.69) is 13.8 Å². The van der Waals surface area contributed by atoms with Crippen molar-refractivity contribution in [2.75, 3.05) is 0 Å². The van der Waals surface area contributed by atoms with E-state index in [-0.39, 0.29) is 0 Å². The molecule has 2 rings (SSSR count). The average molecular weight is 268 g/mol. The van der Waals surface area contributed by atoms with Crippen molar-refractivity contribution in [3.8, 4) is 0 Å². The molecule has 0 heterocycles. The molecule has 2 saturated carbocycles. The van der Waals surface area contributed by atoms with E-state index in [4.69, 9.17) is 11.5 Å². The maximum Gasteiger partial charge on any atom is 0.0689 e. The normalized spacial score (nSPS) is 35.4. The van der Waals surface area contributed by atoms with Crippen molar-refractivity contribution in [1.29, 1.82) is 0 Å². The number of rotatable bonds is 2. The highest BCUT2D eigenvalue weighted by molar-refractivity contribution is 4.94. The van der Waals surface area contributed by atoms with Crippen LogP contribution in [-0.2, 0) is 0 Å². The van der Waals surface area contributed by atoms with Crippen LogP contribution in [0.25, 0.3) is 0 Å². The van der Waals surface area contributed by atoms with Gasteiger partial charge in [0.25, 0.3) is 0 Å². The van der Waals surface area contributed by atoms with Crippen molar-refractivity contribution in [3.05, 3.63) is 0 Å². The highest BCUT2D eigenvalue weighted by Gasteiger charge is 2.40. The highest BCUT2D eigenvalue weighted by atomic mass is 15.0. The fraction of sp³-hybridized carbons (Fsp3) is 1.00. The number of hydrogen-bond acceptors (Lipinski definition) is 2. The van der Waals surface area contributed by atoms with E-state index in [9.17, 15) is 0 Å². The summed E-state index contributed by atoms with van der Waals surface area (Å²) in [6, 6.07) is 0. The molecule has 2 atom stereocenters. The minimum Gasteiger partial charge on any atom is -0.313 e. The molecular weight excluding hydrogens is 232 g/mol. The van der Waals surface area contributed by atoms with E-state index in [1.54, 1.807) is 0 Å². The summed E-state index contributed by atoms with van der Waals surface area (Å²) in [5.74, 6) is 2.82. The van der Waals surface area contributed by atoms with Gasteiger partial charge in [0.15, 0.2) is 0 Å². The first-order chi connectivity index (χ1) is 9.00. The van der Waals surface area contributed by atoms with E-state index in [1.165, 1.54) is 51.4 Å². The fourth-order valence-electron chi connectivity index (χ4n) is 4.08. The van der Waals surface area contributed by atoms with E-state index in [1.807, 2.05) is 13.8 Å². The first-order valence-electron chi connectivity index (χ1n) is 8.58. The van der Waals surface area contributed by atoms with Gasteiger partial charge >= 0.3 is 0 Å². The van der Waals surface area contributed by atoms with E-state index in [0.717, 1.165) is 11.8 Å². The lowest BCUT2D eigenvalue weighted by atomic mass is 9.66. The molecule has 0 aromatic rings. The topological polar surface area (TPSA) is 52.0 Å². The summed E-state index contributed by atoms with van der Waals surface area (Å²) in [4.78, 5) is 0. The Kier molecular flexibility index (Phi) is 6.82. The number of hydrogen-bond donors (Lipinski definition) is 2. The molecule has 0 saturated heterocycles. The lowest BCUT2D eigenvalue weighted by Crippen LogP contribution is -2.62. The third kappa shape index (κ3) is 4.46. The van der Waals surface area contributed by atoms with Crippen LogP contribution in [0.2, 0.25) is 0 Å². The first kappa shape index (κ1) is 17.0. The zero-order valence-corrected chi connectivity index (χ0v) is 13.6. The molecule has 2 heteroatoms. The lowest BCUT2D eigenvalue weighted by Gasteiger charge is -2.45. The third-order valence-electron chi connectivity index (χ3n) is 5.47. The molecule has 0 radical (unpaired) electrons. The second-order valence-electron chi connectivity index (χ2n) is 6.88. The highest BCUT2D eigenvalue weighted by Crippen LogP contribution is 2.41. The smallest absolute Gasteiger partial charge is 0.0689 e. The van der Waals surface area contributed by atoms with E-state index < -0.39 is 5.66 Å². The third-order valence-corrected chi connectivity index (χ3v) is 5.47. The Labute approximate surface area is 120 Å². The summed E-state index contributed by atoms with van der Waals surface area (Å²) >= 11 is 0. The summed E-state index contributed by atoms with van der Waals surface area (Å²) in [5, 5.41) is 0. The van der Waals surface area contributed by atoms with Gasteiger partial charge in [-0.25, -0.2) is 0 Å². The predicted molar refractivity (Wildman–Crippen MR) is 84.7 cm³/mol. The molecule has 2 aliphatic rings. The Hall–Kier alpha value is -0.0800. The first-order valence-corrected chi connectivity index (χ1v) is 8.58. The van der Waals surface area contributed by atoms with Crippen LogP contribution in [0.4, 0.5) is 0 Å². The van der Waals surface area contributed by atoms with Crippen LogP contribution < -0.4 is 11.5 Å². The molecule has 114 valence electrons. The summed E-state index contributed by atoms with van der Waals surface area (Å²) in [5.41, 5.74) is 12.0. The Morgan fingerprint density at radius 1 is 0.842 bits per heavy atom. The Bertz CT molecular complexity index is 230. The van der Waals surface area contributed by atoms with Crippen molar-refractivity contribution in [1.82, 2.24) is 0 Å². The van der Waals surface area contributed by atoms with Crippen molar-refractivity contribution < 1.29 is 0 Å². The van der Waals surface area contributed by atoms with Gasteiger partial charge in [-0.05, 0) is 42.9 Å². The maximum atomic E-state index is 6.24. The zero-order valence-electron chi connectivity index (χ0n) is 13.6. The van der Waals surface area contributed by atoms with Gasteiger partial charge in [-0.2, -0.15) is 0 Å². The summed E-state index contributed by atoms with van der Waals surface area (Å²) in [7, 11) is 0. The molecular formula is C17H36N2. The molecule has 0 bridgehead atoms. The monoisotopic (exact) mass is 268 g/mol. The molecule has 0 spiro atoms. The molecule has 0 aliphatic heterocycles. The molecule has 4 N–H and O–H groups in total. The van der Waals surface area contributed by atoms with E-state index in [0.29, 0.717) is 11.8 Å². The Morgan fingerprint density at radius 2 is 1.32 bits per heavy atom. The van der Waals surface area contributed by atoms with Gasteiger partial charge in [-0.15, -0.1) is 0 Å². The predicted octanol–water partition coefficient (Wildman–Crippen LogP) is 4.28. The van der Waals surface area contributed by atoms with Crippen LogP contribution in [0.15, 0.2) is 0 Å². The second-order valence-corrected chi connectivity index (χ2v) is 6.88. The van der Waals surface area contributed by atoms with Crippen molar-refractivity contribution in [3.63, 3.8) is 0 Å². The molecule has 2 unspecified atom stereocenters. The van der Waals surface area contributed by atoms with Gasteiger partial charge in [0.1, 0.15) is 0 Å². The van der Waals surface area contributed by atoms with Gasteiger partial charge in [-0.1, -0.05) is 59.8 Å². The molecule has 2 nitrogen and oxygen atoms in total. The van der Waals surface area contributed by atoms with Crippen LogP contribution in [0.5, 0.6) is 0 Å². The van der Waals surface area contributed by atoms with Crippen molar-refractivity contribution in [2.45, 2.75) is 84.7 Å². The average Bonchev–Trinajstić information content (AvgIpc) is 2.40. The van der Waals surface area contributed by atoms with Crippen molar-refractivity contribution in [2.24, 2.45) is 35.1 Å². The van der Waals surface area contributed by atoms with E-state index >= 15 is 0 Å². The van der Waals surface area contributed by atoms with Gasteiger partial charge in [-0.3, -0.25) is 0 Å². The molecule has 2 fully saturated rings. The molecule has 19 heavy (non-hydrogen) atoms. The Balaban J connectivity index is 0.000000861. The van der Waals surface area contributed by atoms with Crippen LogP contribution in [0.1, 0.15) is 79.1 Å². The fourth-order valence-corrected chi connectivity index (χ4v) is 4.08. The standard InChI is InChI=1S/C15H30N2.C2H6/c1-11-8-14(9-12(2)15(11,16)17)10-13-6-4-3-5-7-13;1-2/h11-14H,3-10,16-17H2,1-2H3;1-2H3. The quantitative estimate of drug-likeness (QED) is 0.734. The van der Waals surface area contributed by atoms with Gasteiger partial charge in [0.2, 0.25) is 0 Å². The molecule has 2 aliphatic carbocycles. The number of nitrogens with two attached hydrogens (primary N) is 2. The van der Waals surface area contributed by atoms with Gasteiger partial charge in [0, 0.05) is 0 Å². The largest absolute Gasteiger partial charge is 0.313 e. The van der Waals surface area contributed by atoms with Crippen LogP contribution >= 0.6 is 0 Å². The van der Waals surface area contributed by atoms with Crippen molar-refractivity contribution >= 4 is 0 Å². The second kappa shape index (κ2) is 7.64. The molecule has 0 aromatic carbocycles. The Morgan fingerprint density at radius 3 is 1.79 bits per heavy atom. The molecule has 0 amide bonds. The maximum absolute atomic E-state index is 6.24. The zero-order chi connectivity index (χ0) is 14.5. The van der Waals surface area contributed by atoms with Crippen LogP contribution in [-0.4, -0.2) is 5.66 Å². The van der Waals surface area contributed by atoms with Crippen LogP contribution in [0, 0.1) is 23.7 Å². The van der Waals surface area contributed by atoms with Crippen LogP contribution in [0.3, 0.4) is 0 Å². The lowest BCUT2D eigenvalue weighted by molar-refractivity contribution is 0.0813. The minimum atomic E-state index is -0.428.